The lowest BCUT2D eigenvalue weighted by Crippen LogP contribution is -2.31. The van der Waals surface area contributed by atoms with Crippen molar-refractivity contribution in [3.8, 4) is 0 Å². The highest BCUT2D eigenvalue weighted by atomic mass is 16.6. The van der Waals surface area contributed by atoms with Crippen molar-refractivity contribution < 1.29 is 76.7 Å². The van der Waals surface area contributed by atoms with Crippen molar-refractivity contribution in [2.45, 2.75) is 78.9 Å². The first-order chi connectivity index (χ1) is 19.4. The summed E-state index contributed by atoms with van der Waals surface area (Å²) < 4.78 is 23.7. The molecule has 0 rings (SSSR count). The molecule has 1 N–H and O–H groups in total. The SMILES string of the molecule is CC(=O)CC(=O)OCC(CO)OC(=O)CC(C)=O.CC(=O)CC(=O)OCC(COC(=O)CC(C)=O)OC(=O)CC(C)=O. The van der Waals surface area contributed by atoms with E-state index in [0.29, 0.717) is 0 Å². The van der Waals surface area contributed by atoms with Gasteiger partial charge in [-0.15, -0.1) is 0 Å². The van der Waals surface area contributed by atoms with E-state index in [9.17, 15) is 47.9 Å². The summed E-state index contributed by atoms with van der Waals surface area (Å²) in [4.78, 5) is 110. The lowest BCUT2D eigenvalue weighted by molar-refractivity contribution is -0.167. The molecule has 0 aliphatic heterocycles. The number of aliphatic hydroxyl groups is 1. The predicted molar refractivity (Wildman–Crippen MR) is 136 cm³/mol. The number of hydrogen-bond donors (Lipinski definition) is 1. The van der Waals surface area contributed by atoms with Gasteiger partial charge < -0.3 is 28.8 Å². The van der Waals surface area contributed by atoms with Crippen molar-refractivity contribution >= 4 is 58.8 Å². The molecule has 16 nitrogen and oxygen atoms in total. The van der Waals surface area contributed by atoms with Gasteiger partial charge in [0.25, 0.3) is 0 Å². The van der Waals surface area contributed by atoms with Crippen LogP contribution in [0.2, 0.25) is 0 Å². The van der Waals surface area contributed by atoms with E-state index < -0.39 is 105 Å². The summed E-state index contributed by atoms with van der Waals surface area (Å²) in [5.41, 5.74) is 0. The van der Waals surface area contributed by atoms with Crippen LogP contribution in [0, 0.1) is 0 Å². The molecule has 1 atom stereocenters. The zero-order valence-corrected chi connectivity index (χ0v) is 24.1. The molecule has 42 heavy (non-hydrogen) atoms. The molecule has 0 saturated carbocycles. The van der Waals surface area contributed by atoms with Crippen LogP contribution in [0.25, 0.3) is 0 Å². The monoisotopic (exact) mass is 604 g/mol. The molecule has 236 valence electrons. The summed E-state index contributed by atoms with van der Waals surface area (Å²) in [6.45, 7) is 4.25. The maximum absolute atomic E-state index is 11.5. The molecule has 0 aliphatic rings. The average Bonchev–Trinajstić information content (AvgIpc) is 2.81. The first-order valence-electron chi connectivity index (χ1n) is 12.4. The molecule has 16 heteroatoms. The van der Waals surface area contributed by atoms with Gasteiger partial charge in [0.15, 0.2) is 12.2 Å². The Morgan fingerprint density at radius 3 is 0.929 bits per heavy atom. The van der Waals surface area contributed by atoms with Crippen molar-refractivity contribution in [1.29, 1.82) is 0 Å². The second kappa shape index (κ2) is 22.4. The van der Waals surface area contributed by atoms with Gasteiger partial charge in [-0.05, 0) is 34.6 Å². The Kier molecular flexibility index (Phi) is 21.2. The van der Waals surface area contributed by atoms with Crippen LogP contribution in [0.1, 0.15) is 66.7 Å². The highest BCUT2D eigenvalue weighted by molar-refractivity contribution is 5.96. The number of ketones is 5. The molecule has 0 spiro atoms. The minimum atomic E-state index is -1.15. The molecule has 0 saturated heterocycles. The maximum Gasteiger partial charge on any atom is 0.313 e. The number of Topliss-reactive ketones (excluding diaryl/α,β-unsaturated/α-hetero) is 5. The van der Waals surface area contributed by atoms with Crippen LogP contribution in [0.3, 0.4) is 0 Å². The standard InChI is InChI=1S/C15H20O9.C11H16O7/c1-9(16)4-13(19)22-7-12(24-15(21)6-11(3)18)8-23-14(20)5-10(2)17;1-7(13)3-10(15)17-6-9(5-12)18-11(16)4-8(2)14/h12H,4-8H2,1-3H3;9,12H,3-6H2,1-2H3. The van der Waals surface area contributed by atoms with E-state index in [2.05, 4.69) is 4.74 Å². The number of carbonyl (C=O) groups is 10. The fraction of sp³-hybridized carbons (Fsp3) is 0.615. The Morgan fingerprint density at radius 2 is 0.667 bits per heavy atom. The summed E-state index contributed by atoms with van der Waals surface area (Å²) in [5.74, 6) is -6.06. The van der Waals surface area contributed by atoms with Gasteiger partial charge in [0, 0.05) is 0 Å². The summed E-state index contributed by atoms with van der Waals surface area (Å²) in [5, 5.41) is 8.88. The molecule has 0 aromatic heterocycles. The Hall–Kier alpha value is -4.34. The van der Waals surface area contributed by atoms with Crippen LogP contribution >= 0.6 is 0 Å². The molecule has 0 aromatic rings. The highest BCUT2D eigenvalue weighted by Gasteiger charge is 2.21. The smallest absolute Gasteiger partial charge is 0.313 e. The van der Waals surface area contributed by atoms with Gasteiger partial charge in [0.2, 0.25) is 0 Å². The zero-order valence-electron chi connectivity index (χ0n) is 24.1. The van der Waals surface area contributed by atoms with Gasteiger partial charge in [-0.1, -0.05) is 0 Å². The highest BCUT2D eigenvalue weighted by Crippen LogP contribution is 2.03. The molecule has 0 heterocycles. The average molecular weight is 605 g/mol. The topological polar surface area (TPSA) is 237 Å². The zero-order chi connectivity index (χ0) is 32.8. The molecular formula is C26H36O16. The fourth-order valence-corrected chi connectivity index (χ4v) is 2.42. The van der Waals surface area contributed by atoms with Crippen molar-refractivity contribution in [2.24, 2.45) is 0 Å². The maximum atomic E-state index is 11.5. The minimum Gasteiger partial charge on any atom is -0.461 e. The van der Waals surface area contributed by atoms with Crippen LogP contribution < -0.4 is 0 Å². The number of aliphatic hydroxyl groups excluding tert-OH is 1. The number of rotatable bonds is 19. The van der Waals surface area contributed by atoms with Crippen LogP contribution in [0.4, 0.5) is 0 Å². The van der Waals surface area contributed by atoms with Crippen molar-refractivity contribution in [1.82, 2.24) is 0 Å². The van der Waals surface area contributed by atoms with E-state index in [1.165, 1.54) is 34.6 Å². The molecule has 0 aromatic carbocycles. The Morgan fingerprint density at radius 1 is 0.429 bits per heavy atom. The molecular weight excluding hydrogens is 568 g/mol. The summed E-state index contributed by atoms with van der Waals surface area (Å²) in [7, 11) is 0. The van der Waals surface area contributed by atoms with Crippen LogP contribution in [-0.2, 0) is 71.6 Å². The normalized spacial score (nSPS) is 10.6. The first kappa shape index (κ1) is 39.8. The van der Waals surface area contributed by atoms with E-state index in [1.54, 1.807) is 0 Å². The lowest BCUT2D eigenvalue weighted by atomic mass is 10.3. The van der Waals surface area contributed by atoms with Crippen LogP contribution in [0.15, 0.2) is 0 Å². The quantitative estimate of drug-likeness (QED) is 0.109. The Balaban J connectivity index is 0. The predicted octanol–water partition coefficient (Wildman–Crippen LogP) is -0.686. The van der Waals surface area contributed by atoms with E-state index in [-0.39, 0.29) is 24.6 Å². The third-order valence-corrected chi connectivity index (χ3v) is 4.06. The fourth-order valence-electron chi connectivity index (χ4n) is 2.42. The molecule has 0 amide bonds. The van der Waals surface area contributed by atoms with Crippen LogP contribution in [-0.4, -0.2) is 103 Å². The van der Waals surface area contributed by atoms with E-state index in [0.717, 1.165) is 0 Å². The number of esters is 5. The van der Waals surface area contributed by atoms with Crippen LogP contribution in [0.5, 0.6) is 0 Å². The Labute approximate surface area is 241 Å². The van der Waals surface area contributed by atoms with Crippen molar-refractivity contribution in [2.75, 3.05) is 26.4 Å². The first-order valence-corrected chi connectivity index (χ1v) is 12.4. The van der Waals surface area contributed by atoms with E-state index in [1.807, 2.05) is 0 Å². The van der Waals surface area contributed by atoms with Gasteiger partial charge in [0.05, 0.1) is 6.61 Å². The summed E-state index contributed by atoms with van der Waals surface area (Å²) >= 11 is 0. The number of carbonyl (C=O) groups excluding carboxylic acids is 10. The van der Waals surface area contributed by atoms with Gasteiger partial charge in [-0.2, -0.15) is 0 Å². The van der Waals surface area contributed by atoms with Crippen molar-refractivity contribution in [3.63, 3.8) is 0 Å². The third kappa shape index (κ3) is 25.9. The molecule has 0 radical (unpaired) electrons. The van der Waals surface area contributed by atoms with Gasteiger partial charge in [-0.25, -0.2) is 0 Å². The third-order valence-electron chi connectivity index (χ3n) is 4.06. The van der Waals surface area contributed by atoms with Crippen molar-refractivity contribution in [3.05, 3.63) is 0 Å². The number of hydrogen-bond acceptors (Lipinski definition) is 16. The van der Waals surface area contributed by atoms with E-state index in [4.69, 9.17) is 24.1 Å². The van der Waals surface area contributed by atoms with Gasteiger partial charge in [0.1, 0.15) is 80.8 Å². The second-order valence-corrected chi connectivity index (χ2v) is 8.85. The largest absolute Gasteiger partial charge is 0.461 e. The minimum absolute atomic E-state index is 0.353. The lowest BCUT2D eigenvalue weighted by Gasteiger charge is -2.17. The summed E-state index contributed by atoms with van der Waals surface area (Å²) in [6.07, 6.45) is -4.34. The van der Waals surface area contributed by atoms with E-state index >= 15 is 0 Å². The second-order valence-electron chi connectivity index (χ2n) is 8.85. The summed E-state index contributed by atoms with van der Waals surface area (Å²) in [6, 6.07) is 0. The Bertz CT molecular complexity index is 980. The molecule has 0 fully saturated rings. The molecule has 1 unspecified atom stereocenters. The van der Waals surface area contributed by atoms with Gasteiger partial charge in [-0.3, -0.25) is 47.9 Å². The molecule has 0 bridgehead atoms. The number of ether oxygens (including phenoxy) is 5. The van der Waals surface area contributed by atoms with Gasteiger partial charge >= 0.3 is 29.8 Å². The molecule has 0 aliphatic carbocycles.